The van der Waals surface area contributed by atoms with E-state index in [2.05, 4.69) is 69.1 Å². The highest BCUT2D eigenvalue weighted by atomic mass is 14.9. The van der Waals surface area contributed by atoms with Crippen molar-refractivity contribution in [2.24, 2.45) is 5.92 Å². The topological polar surface area (TPSA) is 12.0 Å². The fourth-order valence-corrected chi connectivity index (χ4v) is 1.83. The summed E-state index contributed by atoms with van der Waals surface area (Å²) in [6.07, 6.45) is 0. The Balaban J connectivity index is 2.44. The first-order valence-electron chi connectivity index (χ1n) is 6.03. The third-order valence-electron chi connectivity index (χ3n) is 3.03. The Morgan fingerprint density at radius 1 is 1.18 bits per heavy atom. The lowest BCUT2D eigenvalue weighted by Gasteiger charge is -2.15. The maximum atomic E-state index is 4.06. The van der Waals surface area contributed by atoms with Gasteiger partial charge in [-0.2, -0.15) is 0 Å². The molecule has 17 heavy (non-hydrogen) atoms. The molecule has 0 atom stereocenters. The monoisotopic (exact) mass is 225 g/mol. The lowest BCUT2D eigenvalue weighted by molar-refractivity contribution is 0.779. The summed E-state index contributed by atoms with van der Waals surface area (Å²) < 4.78 is 0. The van der Waals surface area contributed by atoms with Crippen molar-refractivity contribution in [3.8, 4) is 0 Å². The molecule has 0 bridgehead atoms. The Hall–Kier alpha value is -1.76. The van der Waals surface area contributed by atoms with Crippen LogP contribution in [0.1, 0.15) is 19.4 Å². The summed E-state index contributed by atoms with van der Waals surface area (Å²) in [4.78, 5) is 0. The van der Waals surface area contributed by atoms with Crippen LogP contribution in [0, 0.1) is 12.8 Å². The van der Waals surface area contributed by atoms with Crippen molar-refractivity contribution < 1.29 is 0 Å². The predicted octanol–water partition coefficient (Wildman–Crippen LogP) is 4.73. The Labute approximate surface area is 103 Å². The summed E-state index contributed by atoms with van der Waals surface area (Å²) in [5.74, 6) is 0.440. The summed E-state index contributed by atoms with van der Waals surface area (Å²) in [7, 11) is 0. The van der Waals surface area contributed by atoms with E-state index in [0.717, 1.165) is 11.4 Å². The molecule has 1 heteroatoms. The third kappa shape index (κ3) is 2.50. The fraction of sp³-hybridized carbons (Fsp3) is 0.250. The molecular weight excluding hydrogens is 206 g/mol. The van der Waals surface area contributed by atoms with Crippen molar-refractivity contribution >= 4 is 16.5 Å². The van der Waals surface area contributed by atoms with Gasteiger partial charge in [-0.25, -0.2) is 0 Å². The maximum Gasteiger partial charge on any atom is 0.0461 e. The fourth-order valence-electron chi connectivity index (χ4n) is 1.83. The molecule has 0 aliphatic heterocycles. The first-order chi connectivity index (χ1) is 8.08. The molecule has 0 saturated carbocycles. The van der Waals surface area contributed by atoms with E-state index in [9.17, 15) is 0 Å². The average Bonchev–Trinajstić information content (AvgIpc) is 2.28. The highest BCUT2D eigenvalue weighted by Crippen LogP contribution is 2.26. The quantitative estimate of drug-likeness (QED) is 0.796. The van der Waals surface area contributed by atoms with Crippen LogP contribution in [0.25, 0.3) is 10.8 Å². The Morgan fingerprint density at radius 2 is 1.94 bits per heavy atom. The number of anilines is 1. The normalized spacial score (nSPS) is 10.8. The summed E-state index contributed by atoms with van der Waals surface area (Å²) >= 11 is 0. The van der Waals surface area contributed by atoms with E-state index >= 15 is 0 Å². The first kappa shape index (κ1) is 11.7. The second kappa shape index (κ2) is 4.62. The average molecular weight is 225 g/mol. The minimum Gasteiger partial charge on any atom is -0.359 e. The molecule has 88 valence electrons. The van der Waals surface area contributed by atoms with Crippen LogP contribution in [0.2, 0.25) is 0 Å². The number of allylic oxidation sites excluding steroid dienone is 1. The minimum absolute atomic E-state index is 0.440. The van der Waals surface area contributed by atoms with Crippen LogP contribution in [0.3, 0.4) is 0 Å². The van der Waals surface area contributed by atoms with Gasteiger partial charge in [-0.15, -0.1) is 0 Å². The van der Waals surface area contributed by atoms with E-state index in [0.29, 0.717) is 5.92 Å². The molecule has 1 nitrogen and oxygen atoms in total. The molecule has 2 aromatic carbocycles. The van der Waals surface area contributed by atoms with E-state index < -0.39 is 0 Å². The van der Waals surface area contributed by atoms with Gasteiger partial charge in [0.05, 0.1) is 0 Å². The number of aryl methyl sites for hydroxylation is 1. The lowest BCUT2D eigenvalue weighted by atomic mass is 10.1. The molecule has 0 fully saturated rings. The summed E-state index contributed by atoms with van der Waals surface area (Å²) in [5.41, 5.74) is 3.48. The zero-order chi connectivity index (χ0) is 12.4. The Morgan fingerprint density at radius 3 is 2.65 bits per heavy atom. The molecule has 0 aromatic heterocycles. The molecular formula is C16H19N. The molecule has 2 rings (SSSR count). The van der Waals surface area contributed by atoms with Crippen molar-refractivity contribution in [2.75, 3.05) is 5.32 Å². The van der Waals surface area contributed by atoms with Crippen molar-refractivity contribution in [3.05, 3.63) is 54.2 Å². The zero-order valence-electron chi connectivity index (χ0n) is 10.7. The van der Waals surface area contributed by atoms with Crippen molar-refractivity contribution in [1.82, 2.24) is 0 Å². The van der Waals surface area contributed by atoms with Gasteiger partial charge in [0.2, 0.25) is 0 Å². The van der Waals surface area contributed by atoms with Gasteiger partial charge in [-0.05, 0) is 24.3 Å². The van der Waals surface area contributed by atoms with E-state index in [-0.39, 0.29) is 0 Å². The van der Waals surface area contributed by atoms with Gasteiger partial charge in [0.25, 0.3) is 0 Å². The van der Waals surface area contributed by atoms with Gasteiger partial charge in [0.1, 0.15) is 0 Å². The van der Waals surface area contributed by atoms with Crippen LogP contribution in [-0.2, 0) is 0 Å². The van der Waals surface area contributed by atoms with Crippen LogP contribution >= 0.6 is 0 Å². The number of fused-ring (bicyclic) bond motifs is 1. The van der Waals surface area contributed by atoms with Gasteiger partial charge in [0.15, 0.2) is 0 Å². The van der Waals surface area contributed by atoms with Crippen LogP contribution in [0.5, 0.6) is 0 Å². The molecule has 0 aliphatic rings. The zero-order valence-corrected chi connectivity index (χ0v) is 10.7. The molecule has 0 radical (unpaired) electrons. The molecule has 0 aliphatic carbocycles. The van der Waals surface area contributed by atoms with E-state index in [1.807, 2.05) is 0 Å². The highest BCUT2D eigenvalue weighted by molar-refractivity contribution is 5.94. The van der Waals surface area contributed by atoms with Gasteiger partial charge in [0, 0.05) is 16.8 Å². The van der Waals surface area contributed by atoms with E-state index in [1.165, 1.54) is 16.3 Å². The third-order valence-corrected chi connectivity index (χ3v) is 3.03. The maximum absolute atomic E-state index is 4.06. The van der Waals surface area contributed by atoms with Crippen LogP contribution in [0.15, 0.2) is 48.7 Å². The van der Waals surface area contributed by atoms with E-state index in [4.69, 9.17) is 0 Å². The molecule has 0 unspecified atom stereocenters. The van der Waals surface area contributed by atoms with Crippen LogP contribution in [0.4, 0.5) is 5.69 Å². The second-order valence-electron chi connectivity index (χ2n) is 4.84. The SMILES string of the molecule is C=C(Nc1cccc2cc(C)ccc12)C(C)C. The largest absolute Gasteiger partial charge is 0.359 e. The van der Waals surface area contributed by atoms with Gasteiger partial charge in [-0.3, -0.25) is 0 Å². The second-order valence-corrected chi connectivity index (χ2v) is 4.84. The van der Waals surface area contributed by atoms with Gasteiger partial charge in [-0.1, -0.05) is 56.3 Å². The molecule has 2 aromatic rings. The van der Waals surface area contributed by atoms with Gasteiger partial charge >= 0.3 is 0 Å². The smallest absolute Gasteiger partial charge is 0.0461 e. The molecule has 0 spiro atoms. The van der Waals surface area contributed by atoms with Gasteiger partial charge < -0.3 is 5.32 Å². The highest BCUT2D eigenvalue weighted by Gasteiger charge is 2.04. The number of hydrogen-bond donors (Lipinski definition) is 1. The minimum atomic E-state index is 0.440. The van der Waals surface area contributed by atoms with Crippen molar-refractivity contribution in [1.29, 1.82) is 0 Å². The molecule has 0 amide bonds. The molecule has 0 saturated heterocycles. The summed E-state index contributed by atoms with van der Waals surface area (Å²) in [5, 5.41) is 5.93. The van der Waals surface area contributed by atoms with E-state index in [1.54, 1.807) is 0 Å². The van der Waals surface area contributed by atoms with Crippen LogP contribution in [-0.4, -0.2) is 0 Å². The Bertz CT molecular complexity index is 552. The lowest BCUT2D eigenvalue weighted by Crippen LogP contribution is -2.04. The number of rotatable bonds is 3. The number of nitrogens with one attached hydrogen (secondary N) is 1. The number of benzene rings is 2. The van der Waals surface area contributed by atoms with Crippen molar-refractivity contribution in [3.63, 3.8) is 0 Å². The molecule has 0 heterocycles. The number of hydrogen-bond acceptors (Lipinski definition) is 1. The Kier molecular flexibility index (Phi) is 3.19. The molecule has 1 N–H and O–H groups in total. The summed E-state index contributed by atoms with van der Waals surface area (Å²) in [6, 6.07) is 12.8. The van der Waals surface area contributed by atoms with Crippen molar-refractivity contribution in [2.45, 2.75) is 20.8 Å². The first-order valence-corrected chi connectivity index (χ1v) is 6.03. The van der Waals surface area contributed by atoms with Crippen LogP contribution < -0.4 is 5.32 Å². The predicted molar refractivity (Wildman–Crippen MR) is 76.3 cm³/mol. The summed E-state index contributed by atoms with van der Waals surface area (Å²) in [6.45, 7) is 10.5. The standard InChI is InChI=1S/C16H19N/c1-11(2)13(4)17-16-7-5-6-14-10-12(3)8-9-15(14)16/h5-11,17H,4H2,1-3H3.